The van der Waals surface area contributed by atoms with Crippen molar-refractivity contribution in [3.63, 3.8) is 0 Å². The van der Waals surface area contributed by atoms with Gasteiger partial charge in [-0.2, -0.15) is 0 Å². The van der Waals surface area contributed by atoms with Crippen molar-refractivity contribution in [2.45, 2.75) is 0 Å². The number of nitrogens with zero attached hydrogens (tertiary/aromatic N) is 3. The fourth-order valence-electron chi connectivity index (χ4n) is 0.828. The van der Waals surface area contributed by atoms with Crippen molar-refractivity contribution in [1.82, 2.24) is 13.0 Å². The lowest BCUT2D eigenvalue weighted by molar-refractivity contribution is 1.06. The third kappa shape index (κ3) is 0.880. The Hall–Kier alpha value is -0.650. The van der Waals surface area contributed by atoms with Gasteiger partial charge in [0.15, 0.2) is 5.65 Å². The number of hydrogen-bond donors (Lipinski definition) is 0. The van der Waals surface area contributed by atoms with Crippen molar-refractivity contribution in [2.75, 3.05) is 0 Å². The summed E-state index contributed by atoms with van der Waals surface area (Å²) in [6.45, 7) is 0. The van der Waals surface area contributed by atoms with Crippen molar-refractivity contribution in [3.05, 3.63) is 24.5 Å². The van der Waals surface area contributed by atoms with Gasteiger partial charge >= 0.3 is 0 Å². The molecule has 0 saturated heterocycles. The van der Waals surface area contributed by atoms with E-state index in [1.807, 2.05) is 18.3 Å². The molecule has 2 rings (SSSR count). The topological polar surface area (TPSA) is 30.7 Å². The molecule has 2 heterocycles. The Morgan fingerprint density at radius 2 is 2.40 bits per heavy atom. The minimum absolute atomic E-state index is 0.803. The molecule has 50 valence electrons. The summed E-state index contributed by atoms with van der Waals surface area (Å²) in [6, 6.07) is 3.89. The Balaban J connectivity index is 2.88. The Morgan fingerprint density at radius 1 is 1.50 bits per heavy atom. The molecule has 2 aromatic heterocycles. The summed E-state index contributed by atoms with van der Waals surface area (Å²) < 4.78 is 1.73. The number of rotatable bonds is 0. The van der Waals surface area contributed by atoms with Gasteiger partial charge in [0.25, 0.3) is 0 Å². The zero-order chi connectivity index (χ0) is 6.97. The van der Waals surface area contributed by atoms with Crippen LogP contribution >= 0.6 is 22.9 Å². The lowest BCUT2D eigenvalue weighted by Crippen LogP contribution is -1.76. The van der Waals surface area contributed by atoms with Gasteiger partial charge in [-0.3, -0.25) is 0 Å². The quantitative estimate of drug-likeness (QED) is 0.660. The van der Waals surface area contributed by atoms with E-state index in [2.05, 4.69) is 32.9 Å². The normalized spacial score (nSPS) is 10.5. The van der Waals surface area contributed by atoms with Crippen molar-refractivity contribution in [2.24, 2.45) is 0 Å². The van der Waals surface area contributed by atoms with Crippen LogP contribution in [-0.4, -0.2) is 13.0 Å². The van der Waals surface area contributed by atoms with E-state index in [0.717, 1.165) is 11.0 Å². The molecule has 0 aliphatic heterocycles. The summed E-state index contributed by atoms with van der Waals surface area (Å²) in [5.74, 6) is 0. The van der Waals surface area contributed by atoms with E-state index in [-0.39, 0.29) is 0 Å². The monoisotopic (exact) mass is 245 g/mol. The molecule has 4 heteroatoms. The molecule has 3 nitrogen and oxygen atoms in total. The van der Waals surface area contributed by atoms with Crippen molar-refractivity contribution in [1.29, 1.82) is 0 Å². The molecule has 0 aromatic carbocycles. The Bertz CT molecular complexity index is 322. The lowest BCUT2D eigenvalue weighted by atomic mass is 10.4. The predicted octanol–water partition coefficient (Wildman–Crippen LogP) is 1.63. The maximum atomic E-state index is 4.11. The molecule has 0 aliphatic rings. The van der Waals surface area contributed by atoms with E-state index in [1.54, 1.807) is 9.09 Å². The van der Waals surface area contributed by atoms with Crippen LogP contribution in [0.15, 0.2) is 24.5 Å². The highest BCUT2D eigenvalue weighted by Crippen LogP contribution is 2.08. The van der Waals surface area contributed by atoms with Crippen LogP contribution in [0.3, 0.4) is 0 Å². The van der Waals surface area contributed by atoms with E-state index in [4.69, 9.17) is 0 Å². The molecule has 0 N–H and O–H groups in total. The van der Waals surface area contributed by atoms with Crippen LogP contribution in [-0.2, 0) is 0 Å². The Labute approximate surface area is 71.6 Å². The number of pyridine rings is 1. The van der Waals surface area contributed by atoms with Gasteiger partial charge in [0.2, 0.25) is 0 Å². The second kappa shape index (κ2) is 2.19. The summed E-state index contributed by atoms with van der Waals surface area (Å²) in [7, 11) is 0. The van der Waals surface area contributed by atoms with Gasteiger partial charge in [-0.15, -0.1) is 5.10 Å². The molecule has 10 heavy (non-hydrogen) atoms. The third-order valence-corrected chi connectivity index (χ3v) is 1.75. The molecule has 0 saturated carbocycles. The van der Waals surface area contributed by atoms with Crippen LogP contribution in [0.25, 0.3) is 11.0 Å². The van der Waals surface area contributed by atoms with E-state index >= 15 is 0 Å². The van der Waals surface area contributed by atoms with E-state index in [1.165, 1.54) is 0 Å². The summed E-state index contributed by atoms with van der Waals surface area (Å²) >= 11 is 2.10. The number of aromatic nitrogens is 3. The molecule has 0 spiro atoms. The van der Waals surface area contributed by atoms with E-state index in [9.17, 15) is 0 Å². The molecule has 0 amide bonds. The van der Waals surface area contributed by atoms with Crippen molar-refractivity contribution >= 4 is 33.9 Å². The van der Waals surface area contributed by atoms with Crippen LogP contribution in [0.5, 0.6) is 0 Å². The highest BCUT2D eigenvalue weighted by atomic mass is 127. The standard InChI is InChI=1S/C6H4IN3/c7-10-4-5-2-1-3-8-6(5)9-10/h1-4H. The van der Waals surface area contributed by atoms with Gasteiger partial charge in [0.1, 0.15) is 0 Å². The second-order valence-electron chi connectivity index (χ2n) is 1.93. The minimum atomic E-state index is 0.803. The largest absolute Gasteiger partial charge is 0.235 e. The molecule has 0 fully saturated rings. The number of fused-ring (bicyclic) bond motifs is 1. The fraction of sp³-hybridized carbons (Fsp3) is 0. The Morgan fingerprint density at radius 3 is 3.20 bits per heavy atom. The smallest absolute Gasteiger partial charge is 0.181 e. The average molecular weight is 245 g/mol. The maximum Gasteiger partial charge on any atom is 0.181 e. The number of halogens is 1. The first-order chi connectivity index (χ1) is 4.86. The van der Waals surface area contributed by atoms with Crippen molar-refractivity contribution in [3.8, 4) is 0 Å². The van der Waals surface area contributed by atoms with Gasteiger partial charge in [-0.05, 0) is 12.1 Å². The first-order valence-electron chi connectivity index (χ1n) is 2.83. The predicted molar refractivity (Wildman–Crippen MR) is 46.9 cm³/mol. The molecule has 0 bridgehead atoms. The lowest BCUT2D eigenvalue weighted by Gasteiger charge is -1.79. The molecule has 2 aromatic rings. The maximum absolute atomic E-state index is 4.11. The van der Waals surface area contributed by atoms with Crippen LogP contribution < -0.4 is 0 Å². The SMILES string of the molecule is In1cc2cccnc2n1. The molecule has 0 radical (unpaired) electrons. The second-order valence-corrected chi connectivity index (χ2v) is 2.92. The molecular weight excluding hydrogens is 241 g/mol. The molecule has 0 unspecified atom stereocenters. The molecular formula is C6H4IN3. The van der Waals surface area contributed by atoms with Gasteiger partial charge in [0, 0.05) is 17.8 Å². The fourth-order valence-corrected chi connectivity index (χ4v) is 1.33. The zero-order valence-electron chi connectivity index (χ0n) is 5.03. The van der Waals surface area contributed by atoms with Crippen molar-refractivity contribution < 1.29 is 0 Å². The highest BCUT2D eigenvalue weighted by molar-refractivity contribution is 14.1. The van der Waals surface area contributed by atoms with Gasteiger partial charge in [-0.25, -0.2) is 7.88 Å². The molecule has 0 aliphatic carbocycles. The van der Waals surface area contributed by atoms with E-state index < -0.39 is 0 Å². The first-order valence-corrected chi connectivity index (χ1v) is 3.79. The summed E-state index contributed by atoms with van der Waals surface area (Å²) in [6.07, 6.45) is 3.68. The Kier molecular flexibility index (Phi) is 1.33. The van der Waals surface area contributed by atoms with Gasteiger partial charge in [-0.1, -0.05) is 0 Å². The summed E-state index contributed by atoms with van der Waals surface area (Å²) in [5.41, 5.74) is 0.803. The number of hydrogen-bond acceptors (Lipinski definition) is 2. The summed E-state index contributed by atoms with van der Waals surface area (Å²) in [5, 5.41) is 5.19. The van der Waals surface area contributed by atoms with Crippen LogP contribution in [0.2, 0.25) is 0 Å². The average Bonchev–Trinajstić information content (AvgIpc) is 2.27. The first kappa shape index (κ1) is 6.09. The molecule has 0 atom stereocenters. The minimum Gasteiger partial charge on any atom is -0.235 e. The highest BCUT2D eigenvalue weighted by Gasteiger charge is 1.95. The van der Waals surface area contributed by atoms with Gasteiger partial charge in [0.05, 0.1) is 22.9 Å². The third-order valence-electron chi connectivity index (χ3n) is 1.25. The van der Waals surface area contributed by atoms with Gasteiger partial charge < -0.3 is 0 Å². The zero-order valence-corrected chi connectivity index (χ0v) is 7.19. The van der Waals surface area contributed by atoms with Crippen LogP contribution in [0.1, 0.15) is 0 Å². The summed E-state index contributed by atoms with van der Waals surface area (Å²) in [4.78, 5) is 4.07. The van der Waals surface area contributed by atoms with E-state index in [0.29, 0.717) is 0 Å². The van der Waals surface area contributed by atoms with Crippen LogP contribution in [0.4, 0.5) is 0 Å². The van der Waals surface area contributed by atoms with Crippen LogP contribution in [0, 0.1) is 0 Å².